The molecule has 0 unspecified atom stereocenters. The van der Waals surface area contributed by atoms with Crippen molar-refractivity contribution in [1.82, 2.24) is 0 Å². The summed E-state index contributed by atoms with van der Waals surface area (Å²) in [6.07, 6.45) is 0. The number of nitrogens with one attached hydrogen (secondary N) is 1. The van der Waals surface area contributed by atoms with E-state index in [9.17, 15) is 14.4 Å². The van der Waals surface area contributed by atoms with Crippen LogP contribution in [0.15, 0.2) is 48.5 Å². The molecule has 1 N–H and O–H groups in total. The Morgan fingerprint density at radius 1 is 0.889 bits per heavy atom. The first kappa shape index (κ1) is 20.0. The highest BCUT2D eigenvalue weighted by Crippen LogP contribution is 2.26. The lowest BCUT2D eigenvalue weighted by Crippen LogP contribution is -2.23. The van der Waals surface area contributed by atoms with E-state index in [0.29, 0.717) is 29.4 Å². The largest absolute Gasteiger partial charge is 0.490 e. The van der Waals surface area contributed by atoms with Gasteiger partial charge in [0.2, 0.25) is 0 Å². The predicted octanol–water partition coefficient (Wildman–Crippen LogP) is 2.85. The zero-order valence-corrected chi connectivity index (χ0v) is 15.2. The summed E-state index contributed by atoms with van der Waals surface area (Å²) in [7, 11) is 0. The molecule has 2 aromatic rings. The number of carbonyl (C=O) groups excluding carboxylic acids is 3. The summed E-state index contributed by atoms with van der Waals surface area (Å²) in [4.78, 5) is 34.8. The van der Waals surface area contributed by atoms with Gasteiger partial charge in [-0.2, -0.15) is 0 Å². The van der Waals surface area contributed by atoms with E-state index in [0.717, 1.165) is 0 Å². The number of hydrogen-bond donors (Lipinski definition) is 1. The quantitative estimate of drug-likeness (QED) is 0.538. The highest BCUT2D eigenvalue weighted by atomic mass is 16.6. The number of esters is 1. The second kappa shape index (κ2) is 9.96. The van der Waals surface area contributed by atoms with Crippen LogP contribution in [0.1, 0.15) is 24.2 Å². The van der Waals surface area contributed by atoms with Crippen LogP contribution in [-0.4, -0.2) is 37.5 Å². The number of hydrogen-bond acceptors (Lipinski definition) is 6. The van der Waals surface area contributed by atoms with Crippen LogP contribution in [0.2, 0.25) is 0 Å². The van der Waals surface area contributed by atoms with E-state index in [4.69, 9.17) is 14.2 Å². The summed E-state index contributed by atoms with van der Waals surface area (Å²) in [6.45, 7) is 2.99. The number of rotatable bonds is 9. The van der Waals surface area contributed by atoms with Crippen LogP contribution >= 0.6 is 0 Å². The molecule has 0 aromatic heterocycles. The van der Waals surface area contributed by atoms with Crippen LogP contribution in [0.4, 0.5) is 5.69 Å². The monoisotopic (exact) mass is 371 g/mol. The number of benzene rings is 2. The van der Waals surface area contributed by atoms with Crippen LogP contribution in [0, 0.1) is 0 Å². The Morgan fingerprint density at radius 3 is 2.11 bits per heavy atom. The minimum atomic E-state index is -0.677. The smallest absolute Gasteiger partial charge is 0.344 e. The van der Waals surface area contributed by atoms with Crippen molar-refractivity contribution >= 4 is 23.3 Å². The third-order valence-electron chi connectivity index (χ3n) is 3.43. The fourth-order valence-corrected chi connectivity index (χ4v) is 2.15. The van der Waals surface area contributed by atoms with Crippen LogP contribution in [0.3, 0.4) is 0 Å². The molecule has 0 saturated carbocycles. The van der Waals surface area contributed by atoms with Gasteiger partial charge in [0.1, 0.15) is 0 Å². The summed E-state index contributed by atoms with van der Waals surface area (Å²) in [5.74, 6) is -0.282. The molecule has 0 heterocycles. The van der Waals surface area contributed by atoms with Crippen molar-refractivity contribution in [2.24, 2.45) is 0 Å². The van der Waals surface area contributed by atoms with Crippen molar-refractivity contribution in [3.63, 3.8) is 0 Å². The van der Waals surface area contributed by atoms with Crippen molar-refractivity contribution in [3.05, 3.63) is 54.1 Å². The lowest BCUT2D eigenvalue weighted by atomic mass is 10.1. The van der Waals surface area contributed by atoms with Crippen molar-refractivity contribution in [1.29, 1.82) is 0 Å². The number of para-hydroxylation sites is 2. The number of ether oxygens (including phenoxy) is 3. The Hall–Kier alpha value is -3.35. The molecule has 0 bridgehead atoms. The zero-order valence-electron chi connectivity index (χ0n) is 15.2. The zero-order chi connectivity index (χ0) is 19.6. The average molecular weight is 371 g/mol. The van der Waals surface area contributed by atoms with Gasteiger partial charge >= 0.3 is 5.97 Å². The van der Waals surface area contributed by atoms with Crippen LogP contribution in [-0.2, 0) is 14.3 Å². The van der Waals surface area contributed by atoms with Gasteiger partial charge in [-0.05, 0) is 50.2 Å². The van der Waals surface area contributed by atoms with Gasteiger partial charge in [-0.3, -0.25) is 9.59 Å². The van der Waals surface area contributed by atoms with Crippen molar-refractivity contribution in [2.75, 3.05) is 25.1 Å². The Bertz CT molecular complexity index is 800. The SMILES string of the molecule is CCOc1ccccc1OCC(=O)OCC(=O)Nc1ccc(C(C)=O)cc1. The third-order valence-corrected chi connectivity index (χ3v) is 3.43. The van der Waals surface area contributed by atoms with Crippen molar-refractivity contribution < 1.29 is 28.6 Å². The van der Waals surface area contributed by atoms with Gasteiger partial charge in [0.25, 0.3) is 5.91 Å². The van der Waals surface area contributed by atoms with E-state index in [1.54, 1.807) is 48.5 Å². The van der Waals surface area contributed by atoms with Gasteiger partial charge in [-0.1, -0.05) is 12.1 Å². The van der Waals surface area contributed by atoms with Crippen molar-refractivity contribution in [2.45, 2.75) is 13.8 Å². The summed E-state index contributed by atoms with van der Waals surface area (Å²) in [5, 5.41) is 2.57. The molecule has 0 spiro atoms. The molecule has 0 saturated heterocycles. The van der Waals surface area contributed by atoms with Gasteiger partial charge in [-0.15, -0.1) is 0 Å². The third kappa shape index (κ3) is 6.47. The Morgan fingerprint density at radius 2 is 1.52 bits per heavy atom. The molecule has 0 aliphatic heterocycles. The molecule has 2 aromatic carbocycles. The highest BCUT2D eigenvalue weighted by Gasteiger charge is 2.11. The first-order chi connectivity index (χ1) is 13.0. The van der Waals surface area contributed by atoms with Gasteiger partial charge in [-0.25, -0.2) is 4.79 Å². The standard InChI is InChI=1S/C20H21NO6/c1-3-25-17-6-4-5-7-18(17)26-13-20(24)27-12-19(23)21-16-10-8-15(9-11-16)14(2)22/h4-11H,3,12-13H2,1-2H3,(H,21,23). The normalized spacial score (nSPS) is 10.0. The van der Waals surface area contributed by atoms with E-state index in [1.165, 1.54) is 6.92 Å². The molecular formula is C20H21NO6. The summed E-state index contributed by atoms with van der Waals surface area (Å²) in [6, 6.07) is 13.4. The maximum Gasteiger partial charge on any atom is 0.344 e. The maximum absolute atomic E-state index is 11.8. The lowest BCUT2D eigenvalue weighted by molar-refractivity contribution is -0.149. The predicted molar refractivity (Wildman–Crippen MR) is 99.1 cm³/mol. The van der Waals surface area contributed by atoms with Gasteiger partial charge in [0.15, 0.2) is 30.5 Å². The van der Waals surface area contributed by atoms with Gasteiger partial charge in [0.05, 0.1) is 6.61 Å². The van der Waals surface area contributed by atoms with E-state index in [1.807, 2.05) is 6.92 Å². The molecule has 7 heteroatoms. The fourth-order valence-electron chi connectivity index (χ4n) is 2.15. The minimum Gasteiger partial charge on any atom is -0.490 e. The second-order valence-electron chi connectivity index (χ2n) is 5.51. The molecule has 0 aliphatic rings. The molecule has 0 aliphatic carbocycles. The summed E-state index contributed by atoms with van der Waals surface area (Å²) in [5.41, 5.74) is 1.05. The molecule has 27 heavy (non-hydrogen) atoms. The topological polar surface area (TPSA) is 90.9 Å². The average Bonchev–Trinajstić information content (AvgIpc) is 2.66. The summed E-state index contributed by atoms with van der Waals surface area (Å²) >= 11 is 0. The second-order valence-corrected chi connectivity index (χ2v) is 5.51. The number of Topliss-reactive ketones (excluding diaryl/α,β-unsaturated/α-hetero) is 1. The van der Waals surface area contributed by atoms with Crippen LogP contribution in [0.25, 0.3) is 0 Å². The molecule has 0 fully saturated rings. The first-order valence-corrected chi connectivity index (χ1v) is 8.40. The van der Waals surface area contributed by atoms with E-state index in [-0.39, 0.29) is 12.4 Å². The molecule has 0 atom stereocenters. The van der Waals surface area contributed by atoms with E-state index < -0.39 is 18.5 Å². The first-order valence-electron chi connectivity index (χ1n) is 8.40. The Balaban J connectivity index is 1.76. The number of ketones is 1. The molecule has 0 radical (unpaired) electrons. The maximum atomic E-state index is 11.8. The summed E-state index contributed by atoms with van der Waals surface area (Å²) < 4.78 is 15.7. The number of amides is 1. The van der Waals surface area contributed by atoms with Gasteiger partial charge < -0.3 is 19.5 Å². The van der Waals surface area contributed by atoms with Crippen LogP contribution < -0.4 is 14.8 Å². The molecule has 1 amide bonds. The lowest BCUT2D eigenvalue weighted by Gasteiger charge is -2.11. The molecule has 7 nitrogen and oxygen atoms in total. The minimum absolute atomic E-state index is 0.0623. The Labute approximate surface area is 157 Å². The fraction of sp³-hybridized carbons (Fsp3) is 0.250. The van der Waals surface area contributed by atoms with E-state index >= 15 is 0 Å². The molecule has 2 rings (SSSR count). The van der Waals surface area contributed by atoms with Gasteiger partial charge in [0, 0.05) is 11.3 Å². The molecule has 142 valence electrons. The highest BCUT2D eigenvalue weighted by molar-refractivity contribution is 5.96. The molecular weight excluding hydrogens is 350 g/mol. The number of carbonyl (C=O) groups is 3. The van der Waals surface area contributed by atoms with Crippen LogP contribution in [0.5, 0.6) is 11.5 Å². The van der Waals surface area contributed by atoms with E-state index in [2.05, 4.69) is 5.32 Å². The van der Waals surface area contributed by atoms with Crippen molar-refractivity contribution in [3.8, 4) is 11.5 Å². The Kier molecular flexibility index (Phi) is 7.37. The number of anilines is 1.